The van der Waals surface area contributed by atoms with Crippen LogP contribution in [0.4, 0.5) is 0 Å². The van der Waals surface area contributed by atoms with Crippen LogP contribution in [0.3, 0.4) is 0 Å². The number of nitrogens with one attached hydrogen (secondary N) is 1. The van der Waals surface area contributed by atoms with Gasteiger partial charge in [-0.3, -0.25) is 14.1 Å². The quantitative estimate of drug-likeness (QED) is 0.0394. The van der Waals surface area contributed by atoms with E-state index in [0.29, 0.717) is 0 Å². The summed E-state index contributed by atoms with van der Waals surface area (Å²) in [5.41, 5.74) is 0. The molecular formula is C36H73NO7S. The first-order chi connectivity index (χ1) is 21.7. The van der Waals surface area contributed by atoms with Crippen LogP contribution in [0.25, 0.3) is 0 Å². The Morgan fingerprint density at radius 3 is 0.911 bits per heavy atom. The molecule has 0 amide bonds. The largest absolute Gasteiger partial charge is 0.481 e. The van der Waals surface area contributed by atoms with Crippen LogP contribution < -0.4 is 5.32 Å². The maximum atomic E-state index is 10.2. The Labute approximate surface area is 278 Å². The summed E-state index contributed by atoms with van der Waals surface area (Å²) in [5.74, 6) is -3.50. The third-order valence-corrected chi connectivity index (χ3v) is 9.50. The van der Waals surface area contributed by atoms with Gasteiger partial charge in [-0.25, -0.2) is 0 Å². The fourth-order valence-electron chi connectivity index (χ4n) is 5.49. The maximum Gasteiger partial charge on any atom is 0.325 e. The van der Waals surface area contributed by atoms with Gasteiger partial charge >= 0.3 is 11.9 Å². The van der Waals surface area contributed by atoms with E-state index in [-0.39, 0.29) is 0 Å². The number of unbranched alkanes of at least 4 members (excludes halogenated alkanes) is 26. The van der Waals surface area contributed by atoms with E-state index < -0.39 is 33.7 Å². The minimum atomic E-state index is -4.84. The van der Waals surface area contributed by atoms with Crippen molar-refractivity contribution in [1.82, 2.24) is 5.32 Å². The molecular weight excluding hydrogens is 590 g/mol. The monoisotopic (exact) mass is 664 g/mol. The molecule has 0 aliphatic rings. The zero-order chi connectivity index (χ0) is 33.9. The van der Waals surface area contributed by atoms with E-state index in [1.54, 1.807) is 0 Å². The molecule has 9 heteroatoms. The Morgan fingerprint density at radius 1 is 0.489 bits per heavy atom. The molecule has 0 saturated carbocycles. The van der Waals surface area contributed by atoms with Crippen molar-refractivity contribution >= 4 is 22.1 Å². The van der Waals surface area contributed by atoms with Gasteiger partial charge in [0.1, 0.15) is 0 Å². The average Bonchev–Trinajstić information content (AvgIpc) is 2.98. The normalized spacial score (nSPS) is 12.1. The van der Waals surface area contributed by atoms with Crippen LogP contribution >= 0.6 is 0 Å². The second-order valence-corrected chi connectivity index (χ2v) is 14.5. The molecule has 0 aromatic carbocycles. The van der Waals surface area contributed by atoms with Crippen molar-refractivity contribution in [2.75, 3.05) is 13.1 Å². The van der Waals surface area contributed by atoms with Crippen molar-refractivity contribution in [3.63, 3.8) is 0 Å². The Bertz CT molecular complexity index is 716. The molecule has 0 aromatic rings. The number of carbonyl (C=O) groups is 2. The SMILES string of the molecule is CCCCCCCCCCCCCCCCNCCCCCCCCCCCCCCCC.O=C(O)CC(C(=O)O)S(=O)(=O)O. The summed E-state index contributed by atoms with van der Waals surface area (Å²) < 4.78 is 28.7. The lowest BCUT2D eigenvalue weighted by Gasteiger charge is -2.06. The molecule has 0 aliphatic carbocycles. The Kier molecular flexibility index (Phi) is 36.4. The van der Waals surface area contributed by atoms with Crippen molar-refractivity contribution in [1.29, 1.82) is 0 Å². The van der Waals surface area contributed by atoms with Crippen LogP contribution in [0.1, 0.15) is 200 Å². The molecule has 0 fully saturated rings. The fraction of sp³-hybridized carbons (Fsp3) is 0.944. The Hall–Kier alpha value is -1.19. The first kappa shape index (κ1) is 45.9. The summed E-state index contributed by atoms with van der Waals surface area (Å²) in [4.78, 5) is 20.0. The Balaban J connectivity index is 0. The van der Waals surface area contributed by atoms with E-state index in [1.807, 2.05) is 0 Å². The molecule has 270 valence electrons. The zero-order valence-electron chi connectivity index (χ0n) is 29.4. The standard InChI is InChI=1S/C32H67N.C4H6O7S/c1-3-5-7-9-11-13-15-17-19-21-23-25-27-29-31-33-32-30-28-26-24-22-20-18-16-14-12-10-8-6-4-2;5-3(6)1-2(4(7)8)12(9,10)11/h33H,3-32H2,1-2H3;2H,1H2,(H,5,6)(H,7,8)(H,9,10,11). The van der Waals surface area contributed by atoms with Gasteiger partial charge in [0.2, 0.25) is 0 Å². The third-order valence-electron chi connectivity index (χ3n) is 8.41. The van der Waals surface area contributed by atoms with Crippen LogP contribution in [-0.2, 0) is 19.7 Å². The summed E-state index contributed by atoms with van der Waals surface area (Å²) in [6.07, 6.45) is 39.6. The second kappa shape index (κ2) is 35.7. The highest BCUT2D eigenvalue weighted by Gasteiger charge is 2.33. The maximum absolute atomic E-state index is 10.2. The van der Waals surface area contributed by atoms with Crippen LogP contribution in [0, 0.1) is 0 Å². The van der Waals surface area contributed by atoms with Gasteiger partial charge < -0.3 is 15.5 Å². The zero-order valence-corrected chi connectivity index (χ0v) is 30.2. The van der Waals surface area contributed by atoms with Crippen LogP contribution in [0.2, 0.25) is 0 Å². The van der Waals surface area contributed by atoms with Gasteiger partial charge in [0, 0.05) is 0 Å². The highest BCUT2D eigenvalue weighted by molar-refractivity contribution is 7.87. The average molecular weight is 664 g/mol. The summed E-state index contributed by atoms with van der Waals surface area (Å²) in [6.45, 7) is 7.10. The van der Waals surface area contributed by atoms with Gasteiger partial charge in [-0.15, -0.1) is 0 Å². The van der Waals surface area contributed by atoms with Crippen molar-refractivity contribution in [3.05, 3.63) is 0 Å². The molecule has 0 rings (SSSR count). The summed E-state index contributed by atoms with van der Waals surface area (Å²) in [6, 6.07) is 0. The van der Waals surface area contributed by atoms with E-state index in [0.717, 1.165) is 0 Å². The number of hydrogen-bond donors (Lipinski definition) is 4. The third kappa shape index (κ3) is 38.9. The Morgan fingerprint density at radius 2 is 0.733 bits per heavy atom. The fourth-order valence-corrected chi connectivity index (χ4v) is 6.10. The highest BCUT2D eigenvalue weighted by atomic mass is 32.2. The number of rotatable bonds is 34. The molecule has 0 saturated heterocycles. The molecule has 0 heterocycles. The molecule has 0 aliphatic heterocycles. The van der Waals surface area contributed by atoms with Crippen LogP contribution in [0.15, 0.2) is 0 Å². The molecule has 0 bridgehead atoms. The minimum absolute atomic E-state index is 1.16. The van der Waals surface area contributed by atoms with Gasteiger partial charge in [0.15, 0.2) is 5.25 Å². The van der Waals surface area contributed by atoms with E-state index in [1.165, 1.54) is 193 Å². The molecule has 0 aromatic heterocycles. The van der Waals surface area contributed by atoms with Crippen molar-refractivity contribution < 1.29 is 32.8 Å². The van der Waals surface area contributed by atoms with Crippen molar-refractivity contribution in [2.45, 2.75) is 205 Å². The van der Waals surface area contributed by atoms with Gasteiger partial charge in [0.05, 0.1) is 6.42 Å². The van der Waals surface area contributed by atoms with Crippen LogP contribution in [0.5, 0.6) is 0 Å². The second-order valence-electron chi connectivity index (χ2n) is 12.9. The molecule has 0 spiro atoms. The van der Waals surface area contributed by atoms with Gasteiger partial charge in [-0.2, -0.15) is 8.42 Å². The van der Waals surface area contributed by atoms with Crippen molar-refractivity contribution in [3.8, 4) is 0 Å². The molecule has 1 atom stereocenters. The lowest BCUT2D eigenvalue weighted by molar-refractivity contribution is -0.143. The number of aliphatic carboxylic acids is 2. The van der Waals surface area contributed by atoms with E-state index in [2.05, 4.69) is 19.2 Å². The number of carboxylic acid groups (broad SMARTS) is 2. The molecule has 4 N–H and O–H groups in total. The predicted molar refractivity (Wildman–Crippen MR) is 189 cm³/mol. The molecule has 0 radical (unpaired) electrons. The predicted octanol–water partition coefficient (Wildman–Crippen LogP) is 10.3. The lowest BCUT2D eigenvalue weighted by Crippen LogP contribution is -2.31. The van der Waals surface area contributed by atoms with E-state index in [9.17, 15) is 18.0 Å². The number of carboxylic acids is 2. The number of hydrogen-bond acceptors (Lipinski definition) is 5. The topological polar surface area (TPSA) is 141 Å². The minimum Gasteiger partial charge on any atom is -0.481 e. The van der Waals surface area contributed by atoms with Gasteiger partial charge in [-0.05, 0) is 25.9 Å². The van der Waals surface area contributed by atoms with E-state index >= 15 is 0 Å². The van der Waals surface area contributed by atoms with E-state index in [4.69, 9.17) is 14.8 Å². The highest BCUT2D eigenvalue weighted by Crippen LogP contribution is 2.14. The van der Waals surface area contributed by atoms with Crippen molar-refractivity contribution in [2.24, 2.45) is 0 Å². The first-order valence-corrected chi connectivity index (χ1v) is 20.3. The van der Waals surface area contributed by atoms with Gasteiger partial charge in [0.25, 0.3) is 10.1 Å². The first-order valence-electron chi connectivity index (χ1n) is 18.8. The summed E-state index contributed by atoms with van der Waals surface area (Å²) in [5, 5.41) is 17.6. The lowest BCUT2D eigenvalue weighted by atomic mass is 10.0. The summed E-state index contributed by atoms with van der Waals surface area (Å²) >= 11 is 0. The molecule has 8 nitrogen and oxygen atoms in total. The molecule has 1 unspecified atom stereocenters. The van der Waals surface area contributed by atoms with Crippen LogP contribution in [-0.4, -0.2) is 53.5 Å². The molecule has 45 heavy (non-hydrogen) atoms. The summed E-state index contributed by atoms with van der Waals surface area (Å²) in [7, 11) is -4.84. The van der Waals surface area contributed by atoms with Gasteiger partial charge in [-0.1, -0.05) is 181 Å². The smallest absolute Gasteiger partial charge is 0.325 e.